The average Bonchev–Trinajstić information content (AvgIpc) is 2.50. The fraction of sp³-hybridized carbons (Fsp3) is 0.118. The summed E-state index contributed by atoms with van der Waals surface area (Å²) < 4.78 is 10.6. The number of benzene rings is 2. The Morgan fingerprint density at radius 1 is 1.05 bits per heavy atom. The van der Waals surface area contributed by atoms with E-state index in [2.05, 4.69) is 0 Å². The van der Waals surface area contributed by atoms with Crippen molar-refractivity contribution >= 4 is 34.2 Å². The van der Waals surface area contributed by atoms with Crippen molar-refractivity contribution in [2.75, 3.05) is 7.11 Å². The normalized spacial score (nSPS) is 10.9. The van der Waals surface area contributed by atoms with Crippen LogP contribution in [0.5, 0.6) is 5.75 Å². The van der Waals surface area contributed by atoms with Crippen LogP contribution in [0.15, 0.2) is 45.6 Å². The molecule has 112 valence electrons. The quantitative estimate of drug-likeness (QED) is 0.613. The van der Waals surface area contributed by atoms with E-state index in [0.717, 1.165) is 10.9 Å². The van der Waals surface area contributed by atoms with Gasteiger partial charge in [0.25, 0.3) is 0 Å². The number of halogens is 2. The molecule has 5 heteroatoms. The minimum Gasteiger partial charge on any atom is -0.497 e. The van der Waals surface area contributed by atoms with Crippen molar-refractivity contribution in [2.45, 2.75) is 6.92 Å². The van der Waals surface area contributed by atoms with Crippen molar-refractivity contribution in [3.8, 4) is 16.9 Å². The van der Waals surface area contributed by atoms with Gasteiger partial charge in [0.05, 0.1) is 22.7 Å². The molecule has 2 aromatic carbocycles. The lowest BCUT2D eigenvalue weighted by Gasteiger charge is -2.09. The van der Waals surface area contributed by atoms with E-state index in [1.165, 1.54) is 0 Å². The summed E-state index contributed by atoms with van der Waals surface area (Å²) in [6, 6.07) is 10.5. The van der Waals surface area contributed by atoms with Crippen LogP contribution < -0.4 is 10.4 Å². The van der Waals surface area contributed by atoms with Gasteiger partial charge in [0.1, 0.15) is 11.3 Å². The number of hydrogen-bond acceptors (Lipinski definition) is 3. The second-order valence-electron chi connectivity index (χ2n) is 4.88. The summed E-state index contributed by atoms with van der Waals surface area (Å²) in [6.07, 6.45) is 0. The Morgan fingerprint density at radius 2 is 1.82 bits per heavy atom. The number of fused-ring (bicyclic) bond motifs is 1. The highest BCUT2D eigenvalue weighted by atomic mass is 35.5. The third-order valence-electron chi connectivity index (χ3n) is 3.58. The van der Waals surface area contributed by atoms with Crippen LogP contribution in [-0.2, 0) is 0 Å². The maximum Gasteiger partial charge on any atom is 0.344 e. The van der Waals surface area contributed by atoms with Crippen molar-refractivity contribution in [2.24, 2.45) is 0 Å². The van der Waals surface area contributed by atoms with Crippen molar-refractivity contribution < 1.29 is 9.15 Å². The number of aryl methyl sites for hydroxylation is 1. The summed E-state index contributed by atoms with van der Waals surface area (Å²) in [5, 5.41) is 1.69. The molecule has 0 saturated carbocycles. The van der Waals surface area contributed by atoms with Crippen molar-refractivity contribution in [1.82, 2.24) is 0 Å². The van der Waals surface area contributed by atoms with E-state index in [1.807, 2.05) is 19.1 Å². The van der Waals surface area contributed by atoms with E-state index in [0.29, 0.717) is 32.5 Å². The predicted octanol–water partition coefficient (Wildman–Crippen LogP) is 5.08. The zero-order valence-electron chi connectivity index (χ0n) is 11.9. The Hall–Kier alpha value is -1.97. The SMILES string of the molecule is COc1ccc2c(C)c(-c3ccc(Cl)c(Cl)c3)c(=O)oc2c1. The summed E-state index contributed by atoms with van der Waals surface area (Å²) in [6.45, 7) is 1.88. The van der Waals surface area contributed by atoms with Gasteiger partial charge in [-0.25, -0.2) is 4.79 Å². The average molecular weight is 335 g/mol. The van der Waals surface area contributed by atoms with E-state index in [4.69, 9.17) is 32.4 Å². The maximum absolute atomic E-state index is 12.4. The molecular weight excluding hydrogens is 323 g/mol. The van der Waals surface area contributed by atoms with Crippen molar-refractivity contribution in [1.29, 1.82) is 0 Å². The van der Waals surface area contributed by atoms with Crippen LogP contribution in [0, 0.1) is 6.92 Å². The lowest BCUT2D eigenvalue weighted by atomic mass is 9.99. The van der Waals surface area contributed by atoms with Crippen molar-refractivity contribution in [3.63, 3.8) is 0 Å². The van der Waals surface area contributed by atoms with Gasteiger partial charge in [0.15, 0.2) is 0 Å². The van der Waals surface area contributed by atoms with E-state index in [1.54, 1.807) is 31.4 Å². The first kappa shape index (κ1) is 14.9. The zero-order valence-corrected chi connectivity index (χ0v) is 13.5. The van der Waals surface area contributed by atoms with Crippen LogP contribution >= 0.6 is 23.2 Å². The molecule has 1 heterocycles. The van der Waals surface area contributed by atoms with Gasteiger partial charge in [-0.1, -0.05) is 29.3 Å². The highest BCUT2D eigenvalue weighted by Crippen LogP contribution is 2.32. The minimum absolute atomic E-state index is 0.396. The molecule has 0 aliphatic rings. The third-order valence-corrected chi connectivity index (χ3v) is 4.32. The first-order chi connectivity index (χ1) is 10.5. The van der Waals surface area contributed by atoms with Gasteiger partial charge in [-0.15, -0.1) is 0 Å². The van der Waals surface area contributed by atoms with Gasteiger partial charge in [0, 0.05) is 11.5 Å². The monoisotopic (exact) mass is 334 g/mol. The smallest absolute Gasteiger partial charge is 0.344 e. The molecule has 0 aliphatic carbocycles. The molecule has 0 unspecified atom stereocenters. The molecule has 0 amide bonds. The number of methoxy groups -OCH3 is 1. The zero-order chi connectivity index (χ0) is 15.9. The standard InChI is InChI=1S/C17H12Cl2O3/c1-9-12-5-4-11(21-2)8-15(12)22-17(20)16(9)10-3-6-13(18)14(19)7-10/h3-8H,1-2H3. The highest BCUT2D eigenvalue weighted by Gasteiger charge is 2.14. The number of hydrogen-bond donors (Lipinski definition) is 0. The molecular formula is C17H12Cl2O3. The Bertz CT molecular complexity index is 929. The van der Waals surface area contributed by atoms with Crippen LogP contribution in [0.25, 0.3) is 22.1 Å². The second kappa shape index (κ2) is 5.67. The molecule has 22 heavy (non-hydrogen) atoms. The third kappa shape index (κ3) is 2.47. The summed E-state index contributed by atoms with van der Waals surface area (Å²) in [5.74, 6) is 0.636. The fourth-order valence-electron chi connectivity index (χ4n) is 2.45. The van der Waals surface area contributed by atoms with Gasteiger partial charge in [-0.2, -0.15) is 0 Å². The van der Waals surface area contributed by atoms with Gasteiger partial charge >= 0.3 is 5.63 Å². The Balaban J connectivity index is 2.30. The van der Waals surface area contributed by atoms with E-state index < -0.39 is 5.63 Å². The molecule has 0 radical (unpaired) electrons. The molecule has 0 saturated heterocycles. The van der Waals surface area contributed by atoms with Gasteiger partial charge in [0.2, 0.25) is 0 Å². The van der Waals surface area contributed by atoms with Crippen LogP contribution in [0.4, 0.5) is 0 Å². The summed E-state index contributed by atoms with van der Waals surface area (Å²) in [5.41, 5.74) is 2.06. The van der Waals surface area contributed by atoms with Gasteiger partial charge in [-0.3, -0.25) is 0 Å². The summed E-state index contributed by atoms with van der Waals surface area (Å²) in [4.78, 5) is 12.4. The van der Waals surface area contributed by atoms with E-state index in [-0.39, 0.29) is 0 Å². The molecule has 0 N–H and O–H groups in total. The van der Waals surface area contributed by atoms with Crippen LogP contribution in [0.1, 0.15) is 5.56 Å². The largest absolute Gasteiger partial charge is 0.497 e. The fourth-order valence-corrected chi connectivity index (χ4v) is 2.75. The Kier molecular flexibility index (Phi) is 3.85. The summed E-state index contributed by atoms with van der Waals surface area (Å²) in [7, 11) is 1.57. The van der Waals surface area contributed by atoms with Gasteiger partial charge < -0.3 is 9.15 Å². The Morgan fingerprint density at radius 3 is 2.50 bits per heavy atom. The molecule has 0 fully saturated rings. The molecule has 0 spiro atoms. The van der Waals surface area contributed by atoms with E-state index >= 15 is 0 Å². The van der Waals surface area contributed by atoms with Crippen LogP contribution in [0.2, 0.25) is 10.0 Å². The van der Waals surface area contributed by atoms with Gasteiger partial charge in [-0.05, 0) is 42.3 Å². The number of ether oxygens (including phenoxy) is 1. The first-order valence-electron chi connectivity index (χ1n) is 6.58. The van der Waals surface area contributed by atoms with Crippen LogP contribution in [0.3, 0.4) is 0 Å². The second-order valence-corrected chi connectivity index (χ2v) is 5.69. The Labute approximate surface area is 137 Å². The van der Waals surface area contributed by atoms with Crippen LogP contribution in [-0.4, -0.2) is 7.11 Å². The molecule has 3 nitrogen and oxygen atoms in total. The summed E-state index contributed by atoms with van der Waals surface area (Å²) >= 11 is 12.0. The highest BCUT2D eigenvalue weighted by molar-refractivity contribution is 6.42. The molecule has 0 bridgehead atoms. The molecule has 1 aromatic heterocycles. The van der Waals surface area contributed by atoms with Crippen molar-refractivity contribution in [3.05, 3.63) is 62.4 Å². The first-order valence-corrected chi connectivity index (χ1v) is 7.33. The topological polar surface area (TPSA) is 39.4 Å². The maximum atomic E-state index is 12.4. The minimum atomic E-state index is -0.420. The molecule has 0 atom stereocenters. The lowest BCUT2D eigenvalue weighted by molar-refractivity contribution is 0.414. The predicted molar refractivity (Wildman–Crippen MR) is 89.2 cm³/mol. The molecule has 0 aliphatic heterocycles. The lowest BCUT2D eigenvalue weighted by Crippen LogP contribution is -2.06. The number of rotatable bonds is 2. The molecule has 3 rings (SSSR count). The van der Waals surface area contributed by atoms with E-state index in [9.17, 15) is 4.79 Å². The molecule has 3 aromatic rings.